The molecule has 0 fully saturated rings. The van der Waals surface area contributed by atoms with Crippen LogP contribution in [0.2, 0.25) is 0 Å². The van der Waals surface area contributed by atoms with Crippen LogP contribution in [0.25, 0.3) is 0 Å². The molecule has 1 aromatic carbocycles. The molecule has 0 aliphatic rings. The third-order valence-electron chi connectivity index (χ3n) is 2.14. The molecule has 0 aromatic heterocycles. The first-order chi connectivity index (χ1) is 7.24. The van der Waals surface area contributed by atoms with Crippen molar-refractivity contribution in [2.75, 3.05) is 31.9 Å². The van der Waals surface area contributed by atoms with E-state index < -0.39 is 0 Å². The summed E-state index contributed by atoms with van der Waals surface area (Å²) in [6, 6.07) is 9.49. The van der Waals surface area contributed by atoms with Gasteiger partial charge in [0.05, 0.1) is 0 Å². The number of benzene rings is 1. The van der Waals surface area contributed by atoms with E-state index in [9.17, 15) is 0 Å². The number of nitrogens with zero attached hydrogens (tertiary/aromatic N) is 1. The fourth-order valence-corrected chi connectivity index (χ4v) is 1.18. The maximum Gasteiger partial charge on any atom is 0.0313 e. The average molecular weight is 209 g/mol. The lowest BCUT2D eigenvalue weighted by molar-refractivity contribution is 0.312. The standard InChI is InChI=1S/C6H16N2.C6H7N/c1-3-8(4-2)6-5-7;7-6-4-2-1-3-5-6/h3-7H2,1-2H3;1-5H,7H2. The molecule has 86 valence electrons. The molecule has 3 nitrogen and oxygen atoms in total. The zero-order chi connectivity index (χ0) is 11.5. The summed E-state index contributed by atoms with van der Waals surface area (Å²) < 4.78 is 0. The first kappa shape index (κ1) is 13.9. The van der Waals surface area contributed by atoms with E-state index in [1.54, 1.807) is 0 Å². The van der Waals surface area contributed by atoms with Crippen LogP contribution < -0.4 is 11.5 Å². The zero-order valence-electron chi connectivity index (χ0n) is 9.82. The molecule has 0 saturated heterocycles. The first-order valence-corrected chi connectivity index (χ1v) is 5.47. The van der Waals surface area contributed by atoms with Gasteiger partial charge in [0, 0.05) is 18.8 Å². The van der Waals surface area contributed by atoms with Gasteiger partial charge in [0.25, 0.3) is 0 Å². The Morgan fingerprint density at radius 3 is 1.80 bits per heavy atom. The topological polar surface area (TPSA) is 55.3 Å². The van der Waals surface area contributed by atoms with E-state index in [-0.39, 0.29) is 0 Å². The molecule has 0 heterocycles. The number of para-hydroxylation sites is 1. The number of likely N-dealkylation sites (N-methyl/N-ethyl adjacent to an activating group) is 1. The minimum atomic E-state index is 0.779. The highest BCUT2D eigenvalue weighted by molar-refractivity contribution is 5.35. The summed E-state index contributed by atoms with van der Waals surface area (Å²) in [5.41, 5.74) is 11.5. The van der Waals surface area contributed by atoms with Gasteiger partial charge < -0.3 is 16.4 Å². The van der Waals surface area contributed by atoms with E-state index in [0.717, 1.165) is 31.9 Å². The second-order valence-electron chi connectivity index (χ2n) is 3.23. The third kappa shape index (κ3) is 7.97. The lowest BCUT2D eigenvalue weighted by Crippen LogP contribution is -2.28. The van der Waals surface area contributed by atoms with Crippen LogP contribution in [-0.2, 0) is 0 Å². The van der Waals surface area contributed by atoms with E-state index >= 15 is 0 Å². The van der Waals surface area contributed by atoms with Crippen molar-refractivity contribution >= 4 is 5.69 Å². The first-order valence-electron chi connectivity index (χ1n) is 5.47. The summed E-state index contributed by atoms with van der Waals surface area (Å²) in [6.07, 6.45) is 0. The fourth-order valence-electron chi connectivity index (χ4n) is 1.18. The molecule has 1 aromatic rings. The predicted molar refractivity (Wildman–Crippen MR) is 67.7 cm³/mol. The number of rotatable bonds is 4. The largest absolute Gasteiger partial charge is 0.399 e. The molecule has 0 saturated carbocycles. The predicted octanol–water partition coefficient (Wildman–Crippen LogP) is 1.56. The van der Waals surface area contributed by atoms with Gasteiger partial charge in [-0.05, 0) is 25.2 Å². The van der Waals surface area contributed by atoms with Crippen LogP contribution in [-0.4, -0.2) is 31.1 Å². The van der Waals surface area contributed by atoms with Crippen molar-refractivity contribution in [1.82, 2.24) is 4.90 Å². The normalized spacial score (nSPS) is 9.60. The average Bonchev–Trinajstić information content (AvgIpc) is 2.28. The van der Waals surface area contributed by atoms with Gasteiger partial charge in [0.1, 0.15) is 0 Å². The van der Waals surface area contributed by atoms with E-state index in [1.807, 2.05) is 30.3 Å². The third-order valence-corrected chi connectivity index (χ3v) is 2.14. The minimum Gasteiger partial charge on any atom is -0.399 e. The Labute approximate surface area is 93.1 Å². The second-order valence-corrected chi connectivity index (χ2v) is 3.23. The van der Waals surface area contributed by atoms with Crippen LogP contribution in [0.5, 0.6) is 0 Å². The molecule has 0 amide bonds. The highest BCUT2D eigenvalue weighted by atomic mass is 15.1. The fraction of sp³-hybridized carbons (Fsp3) is 0.500. The number of hydrogen-bond donors (Lipinski definition) is 2. The molecule has 0 atom stereocenters. The lowest BCUT2D eigenvalue weighted by Gasteiger charge is -2.15. The summed E-state index contributed by atoms with van der Waals surface area (Å²) in [5, 5.41) is 0. The van der Waals surface area contributed by atoms with Gasteiger partial charge in [-0.1, -0.05) is 32.0 Å². The summed E-state index contributed by atoms with van der Waals surface area (Å²) in [6.45, 7) is 8.36. The molecule has 0 unspecified atom stereocenters. The van der Waals surface area contributed by atoms with E-state index in [0.29, 0.717) is 0 Å². The molecule has 15 heavy (non-hydrogen) atoms. The zero-order valence-corrected chi connectivity index (χ0v) is 9.82. The van der Waals surface area contributed by atoms with Crippen molar-refractivity contribution in [3.63, 3.8) is 0 Å². The summed E-state index contributed by atoms with van der Waals surface area (Å²) in [4.78, 5) is 2.31. The van der Waals surface area contributed by atoms with Gasteiger partial charge in [-0.3, -0.25) is 0 Å². The monoisotopic (exact) mass is 209 g/mol. The Morgan fingerprint density at radius 2 is 1.60 bits per heavy atom. The van der Waals surface area contributed by atoms with Crippen molar-refractivity contribution in [2.45, 2.75) is 13.8 Å². The molecular weight excluding hydrogens is 186 g/mol. The maximum absolute atomic E-state index is 5.36. The van der Waals surface area contributed by atoms with Crippen LogP contribution in [0, 0.1) is 0 Å². The second kappa shape index (κ2) is 9.49. The highest BCUT2D eigenvalue weighted by Crippen LogP contribution is 1.95. The number of nitrogens with two attached hydrogens (primary N) is 2. The molecule has 3 heteroatoms. The molecule has 0 bridgehead atoms. The Balaban J connectivity index is 0.000000262. The van der Waals surface area contributed by atoms with Crippen molar-refractivity contribution in [1.29, 1.82) is 0 Å². The van der Waals surface area contributed by atoms with Crippen molar-refractivity contribution in [3.05, 3.63) is 30.3 Å². The molecule has 1 rings (SSSR count). The van der Waals surface area contributed by atoms with Crippen molar-refractivity contribution < 1.29 is 0 Å². The quantitative estimate of drug-likeness (QED) is 0.740. The van der Waals surface area contributed by atoms with Gasteiger partial charge in [-0.2, -0.15) is 0 Å². The van der Waals surface area contributed by atoms with E-state index in [4.69, 9.17) is 11.5 Å². The van der Waals surface area contributed by atoms with Crippen LogP contribution in [0.3, 0.4) is 0 Å². The smallest absolute Gasteiger partial charge is 0.0313 e. The minimum absolute atomic E-state index is 0.779. The van der Waals surface area contributed by atoms with Gasteiger partial charge in [-0.25, -0.2) is 0 Å². The Hall–Kier alpha value is -1.06. The molecule has 0 aliphatic carbocycles. The van der Waals surface area contributed by atoms with Crippen LogP contribution in [0.15, 0.2) is 30.3 Å². The number of nitrogen functional groups attached to an aromatic ring is 1. The Bertz CT molecular complexity index is 220. The lowest BCUT2D eigenvalue weighted by atomic mass is 10.3. The van der Waals surface area contributed by atoms with Gasteiger partial charge in [0.2, 0.25) is 0 Å². The van der Waals surface area contributed by atoms with Crippen LogP contribution >= 0.6 is 0 Å². The number of hydrogen-bond acceptors (Lipinski definition) is 3. The molecule has 0 radical (unpaired) electrons. The number of anilines is 1. The van der Waals surface area contributed by atoms with Crippen molar-refractivity contribution in [2.24, 2.45) is 5.73 Å². The molecule has 0 aliphatic heterocycles. The van der Waals surface area contributed by atoms with Crippen LogP contribution in [0.4, 0.5) is 5.69 Å². The maximum atomic E-state index is 5.36. The summed E-state index contributed by atoms with van der Waals surface area (Å²) in [5.74, 6) is 0. The van der Waals surface area contributed by atoms with Gasteiger partial charge >= 0.3 is 0 Å². The van der Waals surface area contributed by atoms with E-state index in [1.165, 1.54) is 0 Å². The molecular formula is C12H23N3. The summed E-state index contributed by atoms with van der Waals surface area (Å²) >= 11 is 0. The Morgan fingerprint density at radius 1 is 1.07 bits per heavy atom. The summed E-state index contributed by atoms with van der Waals surface area (Å²) in [7, 11) is 0. The van der Waals surface area contributed by atoms with E-state index in [2.05, 4.69) is 18.7 Å². The highest BCUT2D eigenvalue weighted by Gasteiger charge is 1.92. The van der Waals surface area contributed by atoms with Crippen LogP contribution in [0.1, 0.15) is 13.8 Å². The molecule has 0 spiro atoms. The molecule has 4 N–H and O–H groups in total. The van der Waals surface area contributed by atoms with Crippen molar-refractivity contribution in [3.8, 4) is 0 Å². The van der Waals surface area contributed by atoms with Gasteiger partial charge in [-0.15, -0.1) is 0 Å². The van der Waals surface area contributed by atoms with Gasteiger partial charge in [0.15, 0.2) is 0 Å². The Kier molecular flexibility index (Phi) is 8.82. The SMILES string of the molecule is CCN(CC)CCN.Nc1ccccc1.